The van der Waals surface area contributed by atoms with Crippen LogP contribution in [0.15, 0.2) is 36.2 Å². The smallest absolute Gasteiger partial charge is 0.0234 e. The Balaban J connectivity index is 1.94. The Hall–Kier alpha value is -1.10. The minimum Gasteiger partial charge on any atom is -0.351 e. The molecule has 1 unspecified atom stereocenters. The Kier molecular flexibility index (Phi) is 7.86. The zero-order valence-corrected chi connectivity index (χ0v) is 15.0. The summed E-state index contributed by atoms with van der Waals surface area (Å²) in [5.41, 5.74) is 2.61. The van der Waals surface area contributed by atoms with Crippen LogP contribution in [0.5, 0.6) is 0 Å². The van der Waals surface area contributed by atoms with E-state index in [-0.39, 0.29) is 0 Å². The van der Waals surface area contributed by atoms with E-state index < -0.39 is 0 Å². The lowest BCUT2D eigenvalue weighted by Gasteiger charge is -2.38. The summed E-state index contributed by atoms with van der Waals surface area (Å²) >= 11 is 0. The quantitative estimate of drug-likeness (QED) is 0.638. The number of piperidine rings is 1. The summed E-state index contributed by atoms with van der Waals surface area (Å²) < 4.78 is 0. The normalized spacial score (nSPS) is 22.5. The molecule has 0 aromatic heterocycles. The third-order valence-corrected chi connectivity index (χ3v) is 4.78. The van der Waals surface area contributed by atoms with E-state index in [4.69, 9.17) is 0 Å². The molecule has 0 aliphatic carbocycles. The predicted octanol–water partition coefficient (Wildman–Crippen LogP) is 2.19. The van der Waals surface area contributed by atoms with Gasteiger partial charge in [-0.15, -0.1) is 0 Å². The van der Waals surface area contributed by atoms with Gasteiger partial charge >= 0.3 is 0 Å². The molecule has 0 saturated carbocycles. The van der Waals surface area contributed by atoms with Gasteiger partial charge in [-0.25, -0.2) is 0 Å². The monoisotopic (exact) mass is 318 g/mol. The molecular weight excluding hydrogens is 284 g/mol. The maximum Gasteiger partial charge on any atom is 0.0234 e. The molecule has 4 nitrogen and oxygen atoms in total. The second-order valence-electron chi connectivity index (χ2n) is 6.71. The Morgan fingerprint density at radius 2 is 1.91 bits per heavy atom. The topological polar surface area (TPSA) is 30.5 Å². The highest BCUT2D eigenvalue weighted by Crippen LogP contribution is 2.30. The number of nitrogens with one attached hydrogen (secondary N) is 2. The molecule has 0 radical (unpaired) electrons. The molecule has 1 saturated heterocycles. The van der Waals surface area contributed by atoms with Crippen LogP contribution in [-0.4, -0.2) is 63.2 Å². The van der Waals surface area contributed by atoms with E-state index in [2.05, 4.69) is 45.4 Å². The molecule has 0 spiro atoms. The highest BCUT2D eigenvalue weighted by molar-refractivity contribution is 5.36. The number of rotatable bonds is 9. The SMILES string of the molecule is C=C1C=CN(CCCNC)C(C2CCCN(CCCNC)C2)=C1. The Labute approximate surface area is 142 Å². The molecule has 2 heterocycles. The van der Waals surface area contributed by atoms with E-state index in [1.807, 2.05) is 14.1 Å². The van der Waals surface area contributed by atoms with E-state index >= 15 is 0 Å². The first-order valence-electron chi connectivity index (χ1n) is 9.11. The van der Waals surface area contributed by atoms with Gasteiger partial charge in [0.1, 0.15) is 0 Å². The van der Waals surface area contributed by atoms with Crippen molar-refractivity contribution in [1.29, 1.82) is 0 Å². The minimum atomic E-state index is 0.648. The summed E-state index contributed by atoms with van der Waals surface area (Å²) in [5, 5.41) is 6.49. The molecular formula is C19H34N4. The van der Waals surface area contributed by atoms with E-state index in [1.54, 1.807) is 0 Å². The summed E-state index contributed by atoms with van der Waals surface area (Å²) in [4.78, 5) is 5.09. The van der Waals surface area contributed by atoms with Crippen LogP contribution >= 0.6 is 0 Å². The zero-order chi connectivity index (χ0) is 16.5. The molecule has 130 valence electrons. The Morgan fingerprint density at radius 1 is 1.17 bits per heavy atom. The first-order valence-corrected chi connectivity index (χ1v) is 9.11. The van der Waals surface area contributed by atoms with E-state index in [9.17, 15) is 0 Å². The van der Waals surface area contributed by atoms with Crippen LogP contribution < -0.4 is 10.6 Å². The summed E-state index contributed by atoms with van der Waals surface area (Å²) in [6, 6.07) is 0. The predicted molar refractivity (Wildman–Crippen MR) is 99.3 cm³/mol. The van der Waals surface area contributed by atoms with Crippen LogP contribution in [0.25, 0.3) is 0 Å². The van der Waals surface area contributed by atoms with Crippen LogP contribution in [0, 0.1) is 5.92 Å². The number of hydrogen-bond acceptors (Lipinski definition) is 4. The molecule has 2 N–H and O–H groups in total. The molecule has 1 atom stereocenters. The van der Waals surface area contributed by atoms with Gasteiger partial charge in [0, 0.05) is 30.9 Å². The van der Waals surface area contributed by atoms with Crippen LogP contribution in [0.3, 0.4) is 0 Å². The van der Waals surface area contributed by atoms with E-state index in [0.717, 1.165) is 25.2 Å². The third-order valence-electron chi connectivity index (χ3n) is 4.78. The summed E-state index contributed by atoms with van der Waals surface area (Å²) in [6.45, 7) is 11.1. The van der Waals surface area contributed by atoms with Gasteiger partial charge in [-0.3, -0.25) is 0 Å². The molecule has 2 rings (SSSR count). The molecule has 2 aliphatic heterocycles. The fourth-order valence-electron chi connectivity index (χ4n) is 3.55. The van der Waals surface area contributed by atoms with Crippen molar-refractivity contribution in [2.24, 2.45) is 5.92 Å². The number of likely N-dealkylation sites (tertiary alicyclic amines) is 1. The first kappa shape index (κ1) is 18.2. The van der Waals surface area contributed by atoms with Gasteiger partial charge in [-0.2, -0.15) is 0 Å². The lowest BCUT2D eigenvalue weighted by atomic mass is 9.91. The van der Waals surface area contributed by atoms with Crippen LogP contribution in [0.4, 0.5) is 0 Å². The highest BCUT2D eigenvalue weighted by atomic mass is 15.2. The number of hydrogen-bond donors (Lipinski definition) is 2. The van der Waals surface area contributed by atoms with Gasteiger partial charge in [0.05, 0.1) is 0 Å². The molecule has 2 aliphatic rings. The molecule has 0 amide bonds. The zero-order valence-electron chi connectivity index (χ0n) is 15.0. The van der Waals surface area contributed by atoms with E-state index in [0.29, 0.717) is 5.92 Å². The van der Waals surface area contributed by atoms with Crippen molar-refractivity contribution in [3.8, 4) is 0 Å². The lowest BCUT2D eigenvalue weighted by molar-refractivity contribution is 0.173. The van der Waals surface area contributed by atoms with Gasteiger partial charge < -0.3 is 20.4 Å². The maximum atomic E-state index is 4.15. The molecule has 23 heavy (non-hydrogen) atoms. The van der Waals surface area contributed by atoms with Gasteiger partial charge in [0.25, 0.3) is 0 Å². The van der Waals surface area contributed by atoms with Crippen molar-refractivity contribution in [3.63, 3.8) is 0 Å². The largest absolute Gasteiger partial charge is 0.351 e. The number of allylic oxidation sites excluding steroid dienone is 3. The van der Waals surface area contributed by atoms with Crippen molar-refractivity contribution < 1.29 is 0 Å². The van der Waals surface area contributed by atoms with Crippen LogP contribution in [-0.2, 0) is 0 Å². The van der Waals surface area contributed by atoms with Gasteiger partial charge in [0.15, 0.2) is 0 Å². The molecule has 4 heteroatoms. The van der Waals surface area contributed by atoms with Gasteiger partial charge in [-0.05, 0) is 83.7 Å². The maximum absolute atomic E-state index is 4.15. The second-order valence-corrected chi connectivity index (χ2v) is 6.71. The lowest BCUT2D eigenvalue weighted by Crippen LogP contribution is -2.40. The average Bonchev–Trinajstić information content (AvgIpc) is 2.57. The van der Waals surface area contributed by atoms with Crippen molar-refractivity contribution in [2.45, 2.75) is 25.7 Å². The van der Waals surface area contributed by atoms with Gasteiger partial charge in [-0.1, -0.05) is 6.58 Å². The molecule has 0 aromatic carbocycles. The van der Waals surface area contributed by atoms with E-state index in [1.165, 1.54) is 51.0 Å². The van der Waals surface area contributed by atoms with Crippen molar-refractivity contribution in [3.05, 3.63) is 36.2 Å². The standard InChI is InChI=1S/C19H34N4/c1-17-8-14-23(13-6-10-21-3)19(15-17)18-7-4-11-22(16-18)12-5-9-20-2/h8,14-15,18,20-21H,1,4-7,9-13,16H2,2-3H3. The fourth-order valence-corrected chi connectivity index (χ4v) is 3.55. The fraction of sp³-hybridized carbons (Fsp3) is 0.684. The first-order chi connectivity index (χ1) is 11.2. The average molecular weight is 319 g/mol. The van der Waals surface area contributed by atoms with Crippen molar-refractivity contribution in [1.82, 2.24) is 20.4 Å². The summed E-state index contributed by atoms with van der Waals surface area (Å²) in [6.07, 6.45) is 11.7. The van der Waals surface area contributed by atoms with Crippen LogP contribution in [0.2, 0.25) is 0 Å². The van der Waals surface area contributed by atoms with Crippen molar-refractivity contribution in [2.75, 3.05) is 53.4 Å². The molecule has 0 bridgehead atoms. The minimum absolute atomic E-state index is 0.648. The third kappa shape index (κ3) is 5.79. The van der Waals surface area contributed by atoms with Gasteiger partial charge in [0.2, 0.25) is 0 Å². The van der Waals surface area contributed by atoms with Crippen molar-refractivity contribution >= 4 is 0 Å². The molecule has 0 aromatic rings. The summed E-state index contributed by atoms with van der Waals surface area (Å²) in [5.74, 6) is 0.648. The highest BCUT2D eigenvalue weighted by Gasteiger charge is 2.26. The van der Waals surface area contributed by atoms with Crippen LogP contribution in [0.1, 0.15) is 25.7 Å². The Bertz CT molecular complexity index is 427. The molecule has 1 fully saturated rings. The Morgan fingerprint density at radius 3 is 2.65 bits per heavy atom. The summed E-state index contributed by atoms with van der Waals surface area (Å²) in [7, 11) is 4.06. The number of nitrogens with zero attached hydrogens (tertiary/aromatic N) is 2. The second kappa shape index (κ2) is 9.91.